The second-order valence-corrected chi connectivity index (χ2v) is 6.68. The number of anilines is 1. The molecule has 6 nitrogen and oxygen atoms in total. The van der Waals surface area contributed by atoms with Crippen LogP contribution in [0.5, 0.6) is 0 Å². The maximum Gasteiger partial charge on any atom is 0.337 e. The summed E-state index contributed by atoms with van der Waals surface area (Å²) in [6.45, 7) is 3.62. The van der Waals surface area contributed by atoms with Crippen molar-refractivity contribution in [3.63, 3.8) is 0 Å². The van der Waals surface area contributed by atoms with E-state index in [1.165, 1.54) is 7.11 Å². The molecule has 0 radical (unpaired) electrons. The summed E-state index contributed by atoms with van der Waals surface area (Å²) in [6.07, 6.45) is 0. The number of methoxy groups -OCH3 is 1. The highest BCUT2D eigenvalue weighted by molar-refractivity contribution is 6.06. The van der Waals surface area contributed by atoms with Crippen molar-refractivity contribution in [3.8, 4) is 6.07 Å². The minimum Gasteiger partial charge on any atom is -0.465 e. The van der Waals surface area contributed by atoms with Crippen LogP contribution in [0.4, 0.5) is 5.69 Å². The fourth-order valence-electron chi connectivity index (χ4n) is 3.43. The van der Waals surface area contributed by atoms with Crippen LogP contribution in [-0.2, 0) is 9.53 Å². The predicted molar refractivity (Wildman–Crippen MR) is 110 cm³/mol. The topological polar surface area (TPSA) is 91.2 Å². The Bertz CT molecular complexity index is 1050. The highest BCUT2D eigenvalue weighted by atomic mass is 16.5. The lowest BCUT2D eigenvalue weighted by molar-refractivity contribution is -0.113. The van der Waals surface area contributed by atoms with E-state index >= 15 is 0 Å². The molecule has 0 aliphatic carbocycles. The van der Waals surface area contributed by atoms with Gasteiger partial charge in [-0.15, -0.1) is 0 Å². The molecule has 1 heterocycles. The summed E-state index contributed by atoms with van der Waals surface area (Å²) in [6, 6.07) is 18.1. The second kappa shape index (κ2) is 8.44. The van der Waals surface area contributed by atoms with Crippen molar-refractivity contribution >= 4 is 17.6 Å². The number of nitrogens with one attached hydrogen (secondary N) is 2. The number of esters is 1. The van der Waals surface area contributed by atoms with Crippen molar-refractivity contribution < 1.29 is 14.3 Å². The lowest BCUT2D eigenvalue weighted by Crippen LogP contribution is -2.30. The maximum atomic E-state index is 13.1. The molecule has 1 atom stereocenters. The monoisotopic (exact) mass is 387 g/mol. The molecule has 2 aromatic carbocycles. The summed E-state index contributed by atoms with van der Waals surface area (Å²) in [5.41, 5.74) is 4.11. The Labute approximate surface area is 169 Å². The lowest BCUT2D eigenvalue weighted by Gasteiger charge is -2.29. The van der Waals surface area contributed by atoms with Crippen LogP contribution in [0.15, 0.2) is 77.1 Å². The first-order valence-corrected chi connectivity index (χ1v) is 9.09. The average molecular weight is 387 g/mol. The number of carbonyl (C=O) groups is 2. The number of hydrogen-bond acceptors (Lipinski definition) is 5. The van der Waals surface area contributed by atoms with Crippen molar-refractivity contribution in [2.75, 3.05) is 12.4 Å². The van der Waals surface area contributed by atoms with Crippen molar-refractivity contribution in [1.29, 1.82) is 5.26 Å². The van der Waals surface area contributed by atoms with Crippen molar-refractivity contribution in [2.24, 2.45) is 0 Å². The third kappa shape index (κ3) is 4.04. The predicted octanol–water partition coefficient (Wildman–Crippen LogP) is 3.87. The first kappa shape index (κ1) is 19.9. The van der Waals surface area contributed by atoms with Crippen molar-refractivity contribution in [3.05, 3.63) is 88.3 Å². The van der Waals surface area contributed by atoms with Crippen LogP contribution in [0.25, 0.3) is 0 Å². The first-order valence-electron chi connectivity index (χ1n) is 9.09. The number of allylic oxidation sites excluding steroid dienone is 3. The van der Waals surface area contributed by atoms with Crippen molar-refractivity contribution in [2.45, 2.75) is 19.8 Å². The summed E-state index contributed by atoms with van der Waals surface area (Å²) in [5, 5.41) is 15.8. The van der Waals surface area contributed by atoms with Crippen LogP contribution in [-0.4, -0.2) is 19.0 Å². The van der Waals surface area contributed by atoms with Crippen LogP contribution < -0.4 is 10.6 Å². The molecule has 0 saturated carbocycles. The summed E-state index contributed by atoms with van der Waals surface area (Å²) in [4.78, 5) is 24.9. The van der Waals surface area contributed by atoms with E-state index in [4.69, 9.17) is 4.74 Å². The third-order valence-corrected chi connectivity index (χ3v) is 4.82. The van der Waals surface area contributed by atoms with Gasteiger partial charge in [0.2, 0.25) is 0 Å². The van der Waals surface area contributed by atoms with Crippen LogP contribution >= 0.6 is 0 Å². The molecule has 2 N–H and O–H groups in total. The number of nitrogens with zero attached hydrogens (tertiary/aromatic N) is 1. The molecule has 2 aromatic rings. The molecule has 0 spiro atoms. The van der Waals surface area contributed by atoms with Gasteiger partial charge < -0.3 is 15.4 Å². The van der Waals surface area contributed by atoms with Gasteiger partial charge in [-0.1, -0.05) is 30.3 Å². The van der Waals surface area contributed by atoms with Crippen molar-refractivity contribution in [1.82, 2.24) is 5.32 Å². The maximum absolute atomic E-state index is 13.1. The number of amides is 1. The van der Waals surface area contributed by atoms with Gasteiger partial charge in [0.05, 0.1) is 30.2 Å². The van der Waals surface area contributed by atoms with E-state index in [2.05, 4.69) is 16.7 Å². The number of hydrogen-bond donors (Lipinski definition) is 2. The molecule has 1 aliphatic rings. The number of benzene rings is 2. The molecule has 0 bridgehead atoms. The Morgan fingerprint density at radius 3 is 2.28 bits per heavy atom. The number of nitriles is 1. The van der Waals surface area contributed by atoms with E-state index in [-0.39, 0.29) is 5.91 Å². The summed E-state index contributed by atoms with van der Waals surface area (Å²) in [7, 11) is 1.32. The minimum atomic E-state index is -0.545. The summed E-state index contributed by atoms with van der Waals surface area (Å²) < 4.78 is 4.74. The van der Waals surface area contributed by atoms with Gasteiger partial charge in [-0.05, 0) is 43.7 Å². The molecule has 146 valence electrons. The van der Waals surface area contributed by atoms with Gasteiger partial charge in [-0.3, -0.25) is 4.79 Å². The zero-order valence-corrected chi connectivity index (χ0v) is 16.4. The standard InChI is InChI=1S/C23H21N3O3/c1-14-19(13-24)21(16-9-11-17(12-10-16)23(28)29-3)20(15(2)25-14)22(27)26-18-7-5-4-6-8-18/h4-12,21,25H,1-3H3,(H,26,27)/t21-/m1/s1. The van der Waals surface area contributed by atoms with Gasteiger partial charge in [0.15, 0.2) is 0 Å². The molecule has 0 aromatic heterocycles. The molecule has 0 fully saturated rings. The summed E-state index contributed by atoms with van der Waals surface area (Å²) in [5.74, 6) is -1.27. The highest BCUT2D eigenvalue weighted by Crippen LogP contribution is 2.38. The van der Waals surface area contributed by atoms with Gasteiger partial charge >= 0.3 is 5.97 Å². The Balaban J connectivity index is 2.03. The molecular formula is C23H21N3O3. The number of para-hydroxylation sites is 1. The molecule has 6 heteroatoms. The number of carbonyl (C=O) groups excluding carboxylic acids is 2. The van der Waals surface area contributed by atoms with Crippen LogP contribution in [0, 0.1) is 11.3 Å². The third-order valence-electron chi connectivity index (χ3n) is 4.82. The van der Waals surface area contributed by atoms with Crippen LogP contribution in [0.3, 0.4) is 0 Å². The van der Waals surface area contributed by atoms with Crippen LogP contribution in [0.2, 0.25) is 0 Å². The number of ether oxygens (including phenoxy) is 1. The highest BCUT2D eigenvalue weighted by Gasteiger charge is 2.33. The quantitative estimate of drug-likeness (QED) is 0.777. The van der Waals surface area contributed by atoms with Crippen LogP contribution in [0.1, 0.15) is 35.7 Å². The van der Waals surface area contributed by atoms with E-state index in [0.29, 0.717) is 33.8 Å². The van der Waals surface area contributed by atoms with E-state index in [1.54, 1.807) is 36.4 Å². The average Bonchev–Trinajstić information content (AvgIpc) is 2.73. The molecular weight excluding hydrogens is 366 g/mol. The molecule has 0 unspecified atom stereocenters. The SMILES string of the molecule is COC(=O)c1ccc([C@@H]2C(C#N)=C(C)NC(C)=C2C(=O)Nc2ccccc2)cc1. The van der Waals surface area contributed by atoms with E-state index < -0.39 is 11.9 Å². The smallest absolute Gasteiger partial charge is 0.337 e. The molecule has 29 heavy (non-hydrogen) atoms. The van der Waals surface area contributed by atoms with E-state index in [0.717, 1.165) is 5.56 Å². The molecule has 0 saturated heterocycles. The molecule has 1 aliphatic heterocycles. The Kier molecular flexibility index (Phi) is 5.79. The normalized spacial score (nSPS) is 16.0. The Hall–Kier alpha value is -3.85. The van der Waals surface area contributed by atoms with Gasteiger partial charge in [0, 0.05) is 22.7 Å². The fraction of sp³-hybridized carbons (Fsp3) is 0.174. The van der Waals surface area contributed by atoms with Gasteiger partial charge in [-0.25, -0.2) is 4.79 Å². The largest absolute Gasteiger partial charge is 0.465 e. The minimum absolute atomic E-state index is 0.288. The number of rotatable bonds is 4. The number of dihydropyridines is 1. The van der Waals surface area contributed by atoms with Gasteiger partial charge in [0.1, 0.15) is 0 Å². The van der Waals surface area contributed by atoms with Gasteiger partial charge in [0.25, 0.3) is 5.91 Å². The summed E-state index contributed by atoms with van der Waals surface area (Å²) >= 11 is 0. The Morgan fingerprint density at radius 1 is 1.03 bits per heavy atom. The molecule has 1 amide bonds. The zero-order valence-electron chi connectivity index (χ0n) is 16.4. The second-order valence-electron chi connectivity index (χ2n) is 6.68. The lowest BCUT2D eigenvalue weighted by atomic mass is 9.80. The Morgan fingerprint density at radius 2 is 1.69 bits per heavy atom. The first-order chi connectivity index (χ1) is 14.0. The zero-order chi connectivity index (χ0) is 21.0. The van der Waals surface area contributed by atoms with E-state index in [1.807, 2.05) is 32.0 Å². The van der Waals surface area contributed by atoms with Gasteiger partial charge in [-0.2, -0.15) is 5.26 Å². The fourth-order valence-corrected chi connectivity index (χ4v) is 3.43. The van der Waals surface area contributed by atoms with E-state index in [9.17, 15) is 14.9 Å². The molecule has 3 rings (SSSR count).